The highest BCUT2D eigenvalue weighted by molar-refractivity contribution is 7.53. The number of anilines is 1. The molecule has 0 bridgehead atoms. The molecule has 0 spiro atoms. The molecule has 0 atom stereocenters. The number of nitrogens with one attached hydrogen (secondary N) is 1. The predicted octanol–water partition coefficient (Wildman–Crippen LogP) is 5.22. The van der Waals surface area contributed by atoms with E-state index in [9.17, 15) is 9.36 Å². The normalized spacial score (nSPS) is 11.4. The van der Waals surface area contributed by atoms with Crippen LogP contribution in [0, 0.1) is 0 Å². The summed E-state index contributed by atoms with van der Waals surface area (Å²) in [6.07, 6.45) is 0.160. The Morgan fingerprint density at radius 3 is 2.31 bits per heavy atom. The minimum absolute atomic E-state index is 0.160. The van der Waals surface area contributed by atoms with Gasteiger partial charge in [-0.3, -0.25) is 14.7 Å². The Balaban J connectivity index is 1.65. The molecular weight excluding hydrogens is 409 g/mol. The Labute approximate surface area is 173 Å². The summed E-state index contributed by atoms with van der Waals surface area (Å²) in [6.45, 7) is 4.17. The molecule has 9 heteroatoms. The molecule has 0 saturated carbocycles. The summed E-state index contributed by atoms with van der Waals surface area (Å²) >= 11 is 1.13. The Morgan fingerprint density at radius 2 is 1.69 bits per heavy atom. The van der Waals surface area contributed by atoms with Crippen LogP contribution in [0.2, 0.25) is 0 Å². The monoisotopic (exact) mass is 431 g/mol. The number of hydrogen-bond donors (Lipinski definition) is 1. The van der Waals surface area contributed by atoms with Crippen molar-refractivity contribution >= 4 is 30.2 Å². The van der Waals surface area contributed by atoms with Gasteiger partial charge in [0.2, 0.25) is 5.13 Å². The second-order valence-electron chi connectivity index (χ2n) is 6.04. The Hall–Kier alpha value is -2.38. The van der Waals surface area contributed by atoms with Crippen molar-refractivity contribution in [3.8, 4) is 11.4 Å². The van der Waals surface area contributed by atoms with Crippen LogP contribution in [0.15, 0.2) is 54.6 Å². The number of benzene rings is 2. The molecule has 152 valence electrons. The lowest BCUT2D eigenvalue weighted by Gasteiger charge is -2.17. The summed E-state index contributed by atoms with van der Waals surface area (Å²) in [5.74, 6) is 0.286. The smallest absolute Gasteiger partial charge is 0.309 e. The van der Waals surface area contributed by atoms with Gasteiger partial charge in [0.15, 0.2) is 5.82 Å². The molecule has 7 nitrogen and oxygen atoms in total. The van der Waals surface area contributed by atoms with Crippen LogP contribution >= 0.6 is 19.1 Å². The third-order valence-electron chi connectivity index (χ3n) is 3.92. The van der Waals surface area contributed by atoms with Gasteiger partial charge in [-0.05, 0) is 31.5 Å². The summed E-state index contributed by atoms with van der Waals surface area (Å²) in [7, 11) is -3.18. The van der Waals surface area contributed by atoms with Crippen molar-refractivity contribution in [3.63, 3.8) is 0 Å². The van der Waals surface area contributed by atoms with Crippen LogP contribution in [0.5, 0.6) is 0 Å². The molecule has 3 rings (SSSR count). The van der Waals surface area contributed by atoms with Crippen LogP contribution in [0.25, 0.3) is 11.4 Å². The van der Waals surface area contributed by atoms with Gasteiger partial charge in [0.05, 0.1) is 19.4 Å². The largest absolute Gasteiger partial charge is 0.335 e. The van der Waals surface area contributed by atoms with Crippen molar-refractivity contribution in [3.05, 3.63) is 65.7 Å². The fourth-order valence-electron chi connectivity index (χ4n) is 2.66. The lowest BCUT2D eigenvalue weighted by Crippen LogP contribution is -2.11. The van der Waals surface area contributed by atoms with Crippen LogP contribution in [0.4, 0.5) is 5.13 Å². The fourth-order valence-corrected chi connectivity index (χ4v) is 4.94. The van der Waals surface area contributed by atoms with E-state index in [1.807, 2.05) is 30.3 Å². The van der Waals surface area contributed by atoms with Crippen molar-refractivity contribution < 1.29 is 18.4 Å². The number of aromatic nitrogens is 2. The zero-order valence-corrected chi connectivity index (χ0v) is 17.9. The van der Waals surface area contributed by atoms with E-state index in [2.05, 4.69) is 14.7 Å². The van der Waals surface area contributed by atoms with E-state index in [1.165, 1.54) is 0 Å². The van der Waals surface area contributed by atoms with Crippen molar-refractivity contribution in [1.82, 2.24) is 9.36 Å². The molecule has 1 aromatic heterocycles. The summed E-state index contributed by atoms with van der Waals surface area (Å²) < 4.78 is 27.5. The maximum Gasteiger partial charge on any atom is 0.335 e. The van der Waals surface area contributed by atoms with E-state index in [0.717, 1.165) is 22.7 Å². The van der Waals surface area contributed by atoms with Crippen LogP contribution < -0.4 is 5.32 Å². The first-order valence-corrected chi connectivity index (χ1v) is 11.7. The van der Waals surface area contributed by atoms with Crippen LogP contribution in [-0.2, 0) is 19.8 Å². The molecule has 0 fully saturated rings. The maximum atomic E-state index is 12.6. The summed E-state index contributed by atoms with van der Waals surface area (Å²) in [6, 6.07) is 16.4. The average molecular weight is 431 g/mol. The van der Waals surface area contributed by atoms with E-state index >= 15 is 0 Å². The first kappa shape index (κ1) is 21.3. The minimum Gasteiger partial charge on any atom is -0.309 e. The van der Waals surface area contributed by atoms with Gasteiger partial charge in [-0.15, -0.1) is 0 Å². The topological polar surface area (TPSA) is 90.4 Å². The first-order chi connectivity index (χ1) is 14.0. The number of amides is 1. The van der Waals surface area contributed by atoms with Crippen molar-refractivity contribution in [2.45, 2.75) is 20.0 Å². The third kappa shape index (κ3) is 5.81. The second kappa shape index (κ2) is 9.89. The van der Waals surface area contributed by atoms with Crippen molar-refractivity contribution in [1.29, 1.82) is 0 Å². The highest BCUT2D eigenvalue weighted by atomic mass is 32.1. The van der Waals surface area contributed by atoms with E-state index < -0.39 is 7.60 Å². The number of carbonyl (C=O) groups is 1. The molecule has 0 aliphatic heterocycles. The molecule has 1 N–H and O–H groups in total. The fraction of sp³-hybridized carbons (Fsp3) is 0.250. The van der Waals surface area contributed by atoms with Gasteiger partial charge < -0.3 is 9.05 Å². The molecule has 1 heterocycles. The Kier molecular flexibility index (Phi) is 7.28. The average Bonchev–Trinajstić information content (AvgIpc) is 3.18. The quantitative estimate of drug-likeness (QED) is 0.467. The zero-order valence-electron chi connectivity index (χ0n) is 16.2. The molecular formula is C20H22N3O4PS. The molecule has 1 amide bonds. The van der Waals surface area contributed by atoms with Gasteiger partial charge >= 0.3 is 7.60 Å². The maximum absolute atomic E-state index is 12.6. The molecule has 0 aliphatic rings. The van der Waals surface area contributed by atoms with Gasteiger partial charge in [-0.1, -0.05) is 42.5 Å². The first-order valence-electron chi connectivity index (χ1n) is 9.20. The van der Waals surface area contributed by atoms with E-state index in [0.29, 0.717) is 29.7 Å². The van der Waals surface area contributed by atoms with Crippen LogP contribution in [-0.4, -0.2) is 28.5 Å². The Morgan fingerprint density at radius 1 is 1.03 bits per heavy atom. The van der Waals surface area contributed by atoms with Gasteiger partial charge in [0.1, 0.15) is 0 Å². The third-order valence-corrected chi connectivity index (χ3v) is 6.61. The molecule has 0 unspecified atom stereocenters. The van der Waals surface area contributed by atoms with Gasteiger partial charge in [0.25, 0.3) is 5.91 Å². The Bertz CT molecular complexity index is 982. The molecule has 3 aromatic rings. The van der Waals surface area contributed by atoms with Crippen molar-refractivity contribution in [2.75, 3.05) is 18.5 Å². The number of carbonyl (C=O) groups excluding carboxylic acids is 1. The number of hydrogen-bond acceptors (Lipinski definition) is 7. The predicted molar refractivity (Wildman–Crippen MR) is 114 cm³/mol. The summed E-state index contributed by atoms with van der Waals surface area (Å²) in [5.41, 5.74) is 2.13. The summed E-state index contributed by atoms with van der Waals surface area (Å²) in [4.78, 5) is 16.8. The highest BCUT2D eigenvalue weighted by Crippen LogP contribution is 2.51. The van der Waals surface area contributed by atoms with Crippen molar-refractivity contribution in [2.24, 2.45) is 0 Å². The molecule has 29 heavy (non-hydrogen) atoms. The lowest BCUT2D eigenvalue weighted by molar-refractivity contribution is 0.102. The standard InChI is InChI=1S/C20H22N3O4PS/c1-3-26-28(25,27-4-2)14-15-10-12-17(13-11-15)19(24)22-20-21-18(23-29-20)16-8-6-5-7-9-16/h5-13H,3-4,14H2,1-2H3,(H,21,22,23,24). The second-order valence-corrected chi connectivity index (χ2v) is 8.85. The van der Waals surface area contributed by atoms with E-state index in [4.69, 9.17) is 9.05 Å². The van der Waals surface area contributed by atoms with Gasteiger partial charge in [-0.25, -0.2) is 0 Å². The highest BCUT2D eigenvalue weighted by Gasteiger charge is 2.24. The SMILES string of the molecule is CCOP(=O)(Cc1ccc(C(=O)Nc2nc(-c3ccccc3)ns2)cc1)OCC. The van der Waals surface area contributed by atoms with Gasteiger partial charge in [-0.2, -0.15) is 9.36 Å². The van der Waals surface area contributed by atoms with E-state index in [-0.39, 0.29) is 12.1 Å². The summed E-state index contributed by atoms with van der Waals surface area (Å²) in [5, 5.41) is 3.18. The number of rotatable bonds is 9. The molecule has 0 radical (unpaired) electrons. The number of nitrogens with zero attached hydrogens (tertiary/aromatic N) is 2. The van der Waals surface area contributed by atoms with Gasteiger partial charge in [0, 0.05) is 22.7 Å². The van der Waals surface area contributed by atoms with Crippen LogP contribution in [0.3, 0.4) is 0 Å². The van der Waals surface area contributed by atoms with Crippen LogP contribution in [0.1, 0.15) is 29.8 Å². The lowest BCUT2D eigenvalue weighted by atomic mass is 10.1. The molecule has 0 saturated heterocycles. The molecule has 0 aliphatic carbocycles. The minimum atomic E-state index is -3.18. The molecule has 2 aromatic carbocycles. The van der Waals surface area contributed by atoms with E-state index in [1.54, 1.807) is 38.1 Å². The zero-order chi connectivity index (χ0) is 20.7.